The number of nitrogens with one attached hydrogen (secondary N) is 2. The summed E-state index contributed by atoms with van der Waals surface area (Å²) in [5.74, 6) is -3.49. The van der Waals surface area contributed by atoms with Crippen LogP contribution in [0.15, 0.2) is 0 Å². The van der Waals surface area contributed by atoms with Crippen LogP contribution in [0.2, 0.25) is 0 Å². The fourth-order valence-electron chi connectivity index (χ4n) is 1.19. The van der Waals surface area contributed by atoms with Gasteiger partial charge < -0.3 is 32.3 Å². The fraction of sp³-hybridized carbons (Fsp3) is 0.600. The molecule has 0 aliphatic heterocycles. The standard InChI is InChI=1S/C10H18N4O6/c11-5(1-2-7(12)16)9(19)14-6(4-15)10(20)13-3-8(17)18/h5-6,15H,1-4,11H2,(H2,12,16)(H,13,20)(H,14,19)(H,17,18)/t5-,6-/m0/s1. The molecule has 0 heterocycles. The normalized spacial score (nSPS) is 13.1. The quantitative estimate of drug-likeness (QED) is 0.252. The minimum absolute atomic E-state index is 0.00391. The Morgan fingerprint density at radius 2 is 1.75 bits per heavy atom. The van der Waals surface area contributed by atoms with Gasteiger partial charge in [-0.3, -0.25) is 19.2 Å². The molecular weight excluding hydrogens is 272 g/mol. The lowest BCUT2D eigenvalue weighted by Crippen LogP contribution is -2.53. The number of carboxylic acids is 1. The molecule has 10 nitrogen and oxygen atoms in total. The Morgan fingerprint density at radius 1 is 1.15 bits per heavy atom. The summed E-state index contributed by atoms with van der Waals surface area (Å²) in [6.45, 7) is -1.36. The molecule has 0 aromatic carbocycles. The zero-order valence-corrected chi connectivity index (χ0v) is 10.7. The molecule has 3 amide bonds. The Bertz CT molecular complexity index is 386. The average Bonchev–Trinajstić information content (AvgIpc) is 2.38. The van der Waals surface area contributed by atoms with Gasteiger partial charge in [-0.2, -0.15) is 0 Å². The topological polar surface area (TPSA) is 185 Å². The molecule has 0 aromatic rings. The highest BCUT2D eigenvalue weighted by molar-refractivity contribution is 5.91. The maximum Gasteiger partial charge on any atom is 0.322 e. The number of hydrogen-bond donors (Lipinski definition) is 6. The number of carboxylic acid groups (broad SMARTS) is 1. The van der Waals surface area contributed by atoms with Crippen molar-refractivity contribution in [2.24, 2.45) is 11.5 Å². The molecule has 0 fully saturated rings. The van der Waals surface area contributed by atoms with E-state index in [4.69, 9.17) is 21.7 Å². The molecule has 8 N–H and O–H groups in total. The Hall–Kier alpha value is -2.20. The predicted octanol–water partition coefficient (Wildman–Crippen LogP) is -3.74. The van der Waals surface area contributed by atoms with Gasteiger partial charge in [0.2, 0.25) is 17.7 Å². The number of hydrogen-bond acceptors (Lipinski definition) is 6. The zero-order chi connectivity index (χ0) is 15.7. The number of primary amides is 1. The third kappa shape index (κ3) is 7.28. The molecule has 10 heteroatoms. The smallest absolute Gasteiger partial charge is 0.322 e. The van der Waals surface area contributed by atoms with E-state index < -0.39 is 48.9 Å². The van der Waals surface area contributed by atoms with Gasteiger partial charge in [0.25, 0.3) is 0 Å². The minimum Gasteiger partial charge on any atom is -0.480 e. The number of aliphatic hydroxyl groups is 1. The van der Waals surface area contributed by atoms with Crippen molar-refractivity contribution in [1.29, 1.82) is 0 Å². The van der Waals surface area contributed by atoms with Crippen molar-refractivity contribution in [2.45, 2.75) is 24.9 Å². The van der Waals surface area contributed by atoms with Gasteiger partial charge in [-0.05, 0) is 6.42 Å². The van der Waals surface area contributed by atoms with Crippen LogP contribution >= 0.6 is 0 Å². The van der Waals surface area contributed by atoms with Gasteiger partial charge in [-0.1, -0.05) is 0 Å². The first-order valence-electron chi connectivity index (χ1n) is 5.72. The molecule has 0 bridgehead atoms. The van der Waals surface area contributed by atoms with Crippen LogP contribution in [0.25, 0.3) is 0 Å². The maximum absolute atomic E-state index is 11.6. The van der Waals surface area contributed by atoms with E-state index in [0.717, 1.165) is 0 Å². The number of aliphatic carboxylic acids is 1. The highest BCUT2D eigenvalue weighted by atomic mass is 16.4. The van der Waals surface area contributed by atoms with Crippen molar-refractivity contribution in [2.75, 3.05) is 13.2 Å². The Labute approximate surface area is 114 Å². The molecule has 0 aliphatic rings. The van der Waals surface area contributed by atoms with Gasteiger partial charge in [0.05, 0.1) is 12.6 Å². The lowest BCUT2D eigenvalue weighted by molar-refractivity contribution is -0.138. The molecule has 20 heavy (non-hydrogen) atoms. The highest BCUT2D eigenvalue weighted by Crippen LogP contribution is 1.95. The Morgan fingerprint density at radius 3 is 2.20 bits per heavy atom. The van der Waals surface area contributed by atoms with Crippen LogP contribution in [0.1, 0.15) is 12.8 Å². The molecule has 0 aliphatic carbocycles. The van der Waals surface area contributed by atoms with Crippen molar-refractivity contribution in [3.8, 4) is 0 Å². The first-order valence-corrected chi connectivity index (χ1v) is 5.72. The van der Waals surface area contributed by atoms with E-state index in [1.807, 2.05) is 5.32 Å². The lowest BCUT2D eigenvalue weighted by atomic mass is 10.1. The Balaban J connectivity index is 4.33. The van der Waals surface area contributed by atoms with E-state index in [-0.39, 0.29) is 12.8 Å². The largest absolute Gasteiger partial charge is 0.480 e. The van der Waals surface area contributed by atoms with Crippen LogP contribution in [0.3, 0.4) is 0 Å². The monoisotopic (exact) mass is 290 g/mol. The molecule has 0 radical (unpaired) electrons. The van der Waals surface area contributed by atoms with Crippen molar-refractivity contribution >= 4 is 23.7 Å². The predicted molar refractivity (Wildman–Crippen MR) is 66.1 cm³/mol. The summed E-state index contributed by atoms with van der Waals surface area (Å²) in [5.41, 5.74) is 10.4. The number of amides is 3. The number of aliphatic hydroxyl groups excluding tert-OH is 1. The van der Waals surface area contributed by atoms with E-state index in [2.05, 4.69) is 5.32 Å². The fourth-order valence-corrected chi connectivity index (χ4v) is 1.19. The van der Waals surface area contributed by atoms with Gasteiger partial charge in [0.1, 0.15) is 12.6 Å². The first kappa shape index (κ1) is 17.8. The van der Waals surface area contributed by atoms with Crippen LogP contribution in [-0.2, 0) is 19.2 Å². The number of carbonyl (C=O) groups excluding carboxylic acids is 3. The summed E-state index contributed by atoms with van der Waals surface area (Å²) in [7, 11) is 0. The second-order valence-electron chi connectivity index (χ2n) is 3.97. The Kier molecular flexibility index (Phi) is 7.85. The van der Waals surface area contributed by atoms with Gasteiger partial charge in [-0.15, -0.1) is 0 Å². The second kappa shape index (κ2) is 8.82. The van der Waals surface area contributed by atoms with Crippen LogP contribution in [0.5, 0.6) is 0 Å². The summed E-state index contributed by atoms with van der Waals surface area (Å²) in [4.78, 5) is 43.8. The summed E-state index contributed by atoms with van der Waals surface area (Å²) < 4.78 is 0. The van der Waals surface area contributed by atoms with E-state index in [1.165, 1.54) is 0 Å². The van der Waals surface area contributed by atoms with E-state index in [9.17, 15) is 19.2 Å². The van der Waals surface area contributed by atoms with Crippen LogP contribution in [0, 0.1) is 0 Å². The van der Waals surface area contributed by atoms with Gasteiger partial charge >= 0.3 is 5.97 Å². The minimum atomic E-state index is -1.32. The van der Waals surface area contributed by atoms with E-state index >= 15 is 0 Å². The van der Waals surface area contributed by atoms with Crippen molar-refractivity contribution in [3.63, 3.8) is 0 Å². The SMILES string of the molecule is NC(=O)CC[C@H](N)C(=O)N[C@@H](CO)C(=O)NCC(=O)O. The van der Waals surface area contributed by atoms with Gasteiger partial charge in [-0.25, -0.2) is 0 Å². The molecule has 0 saturated carbocycles. The molecule has 0 rings (SSSR count). The summed E-state index contributed by atoms with van der Waals surface area (Å²) in [6, 6.07) is -2.38. The zero-order valence-electron chi connectivity index (χ0n) is 10.7. The first-order chi connectivity index (χ1) is 9.27. The summed E-state index contributed by atoms with van der Waals surface area (Å²) in [5, 5.41) is 21.5. The van der Waals surface area contributed by atoms with E-state index in [0.29, 0.717) is 0 Å². The highest BCUT2D eigenvalue weighted by Gasteiger charge is 2.23. The van der Waals surface area contributed by atoms with Crippen LogP contribution < -0.4 is 22.1 Å². The molecule has 0 saturated heterocycles. The molecule has 114 valence electrons. The van der Waals surface area contributed by atoms with Gasteiger partial charge in [0, 0.05) is 6.42 Å². The number of nitrogens with two attached hydrogens (primary N) is 2. The van der Waals surface area contributed by atoms with Crippen LogP contribution in [0.4, 0.5) is 0 Å². The number of carbonyl (C=O) groups is 4. The van der Waals surface area contributed by atoms with Crippen LogP contribution in [-0.4, -0.2) is 59.1 Å². The molecule has 0 unspecified atom stereocenters. The number of rotatable bonds is 9. The maximum atomic E-state index is 11.6. The molecule has 0 aromatic heterocycles. The van der Waals surface area contributed by atoms with Crippen molar-refractivity contribution in [3.05, 3.63) is 0 Å². The average molecular weight is 290 g/mol. The third-order valence-electron chi connectivity index (χ3n) is 2.27. The summed E-state index contributed by atoms with van der Waals surface area (Å²) >= 11 is 0. The molecule has 2 atom stereocenters. The van der Waals surface area contributed by atoms with Gasteiger partial charge in [0.15, 0.2) is 0 Å². The second-order valence-corrected chi connectivity index (χ2v) is 3.97. The van der Waals surface area contributed by atoms with Crippen molar-refractivity contribution in [1.82, 2.24) is 10.6 Å². The molecule has 0 spiro atoms. The summed E-state index contributed by atoms with van der Waals surface area (Å²) in [6.07, 6.45) is -0.0976. The third-order valence-corrected chi connectivity index (χ3v) is 2.27. The molecular formula is C10H18N4O6. The van der Waals surface area contributed by atoms with E-state index in [1.54, 1.807) is 0 Å². The van der Waals surface area contributed by atoms with Crippen molar-refractivity contribution < 1.29 is 29.4 Å². The lowest BCUT2D eigenvalue weighted by Gasteiger charge is -2.18.